The molecule has 1 amide bonds. The Morgan fingerprint density at radius 3 is 2.65 bits per heavy atom. The Hall–Kier alpha value is -1.45. The Labute approximate surface area is 120 Å². The first-order valence-corrected chi connectivity index (χ1v) is 7.60. The number of carbonyl (C=O) groups excluding carboxylic acids is 2. The average molecular weight is 276 g/mol. The van der Waals surface area contributed by atoms with Crippen LogP contribution in [0.1, 0.15) is 45.4 Å². The third kappa shape index (κ3) is 3.56. The fourth-order valence-electron chi connectivity index (χ4n) is 3.11. The molecule has 0 aromatic rings. The van der Waals surface area contributed by atoms with E-state index in [1.165, 1.54) is 19.3 Å². The lowest BCUT2D eigenvalue weighted by atomic mass is 9.80. The zero-order chi connectivity index (χ0) is 14.5. The molecule has 1 fully saturated rings. The second-order valence-electron chi connectivity index (χ2n) is 5.94. The molecule has 110 valence electrons. The normalized spacial score (nSPS) is 20.6. The van der Waals surface area contributed by atoms with Crippen LogP contribution in [0.4, 0.5) is 0 Å². The number of allylic oxidation sites excluding steroid dienone is 1. The molecular weight excluding hydrogens is 252 g/mol. The van der Waals surface area contributed by atoms with Crippen LogP contribution in [0.15, 0.2) is 16.8 Å². The van der Waals surface area contributed by atoms with Crippen molar-refractivity contribution in [1.82, 2.24) is 4.90 Å². The molecule has 4 heteroatoms. The maximum Gasteiger partial charge on any atom is 0.225 e. The van der Waals surface area contributed by atoms with E-state index in [1.807, 2.05) is 13.0 Å². The third-order valence-corrected chi connectivity index (χ3v) is 4.44. The van der Waals surface area contributed by atoms with Crippen molar-refractivity contribution in [2.24, 2.45) is 16.8 Å². The van der Waals surface area contributed by atoms with Gasteiger partial charge in [0.05, 0.1) is 6.54 Å². The van der Waals surface area contributed by atoms with Crippen LogP contribution in [0.5, 0.6) is 0 Å². The number of aliphatic imine (C=N–C) groups is 1. The Morgan fingerprint density at radius 2 is 2.05 bits per heavy atom. The van der Waals surface area contributed by atoms with Gasteiger partial charge in [-0.15, -0.1) is 0 Å². The maximum atomic E-state index is 12.4. The standard InChI is InChI=1S/C16H24N2O2/c1-12(13-7-4-3-5-8-13)16(20)18(2)11-15(19)14-9-6-10-17-14/h9-10,12-13H,3-8,11H2,1-2H3/t12-/m0/s1. The molecule has 0 bridgehead atoms. The van der Waals surface area contributed by atoms with Crippen molar-refractivity contribution in [2.45, 2.75) is 45.4 Å². The molecule has 1 aliphatic carbocycles. The van der Waals surface area contributed by atoms with Crippen LogP contribution in [0.25, 0.3) is 0 Å². The number of ketones is 1. The summed E-state index contributed by atoms with van der Waals surface area (Å²) in [5.41, 5.74) is 0.495. The van der Waals surface area contributed by atoms with Crippen LogP contribution < -0.4 is 0 Å². The molecule has 0 N–H and O–H groups in total. The van der Waals surface area contributed by atoms with Gasteiger partial charge in [0.25, 0.3) is 0 Å². The number of amides is 1. The van der Waals surface area contributed by atoms with Crippen molar-refractivity contribution in [3.63, 3.8) is 0 Å². The molecule has 2 aliphatic rings. The Kier molecular flexibility index (Phi) is 5.10. The van der Waals surface area contributed by atoms with E-state index in [0.29, 0.717) is 11.6 Å². The zero-order valence-corrected chi connectivity index (χ0v) is 12.5. The minimum Gasteiger partial charge on any atom is -0.338 e. The molecule has 0 spiro atoms. The lowest BCUT2D eigenvalue weighted by molar-refractivity contribution is -0.138. The van der Waals surface area contributed by atoms with Crippen LogP contribution in [0.2, 0.25) is 0 Å². The summed E-state index contributed by atoms with van der Waals surface area (Å²) >= 11 is 0. The van der Waals surface area contributed by atoms with E-state index < -0.39 is 0 Å². The number of rotatable bonds is 5. The van der Waals surface area contributed by atoms with Crippen molar-refractivity contribution in [3.8, 4) is 0 Å². The van der Waals surface area contributed by atoms with Gasteiger partial charge in [-0.1, -0.05) is 26.2 Å². The predicted molar refractivity (Wildman–Crippen MR) is 79.6 cm³/mol. The molecule has 0 aromatic carbocycles. The highest BCUT2D eigenvalue weighted by Gasteiger charge is 2.28. The lowest BCUT2D eigenvalue weighted by Crippen LogP contribution is -2.38. The lowest BCUT2D eigenvalue weighted by Gasteiger charge is -2.29. The SMILES string of the molecule is C[C@H](C(=O)N(C)CC(=O)C1=CCC=N1)C1CCCCC1. The van der Waals surface area contributed by atoms with Crippen LogP contribution in [-0.4, -0.2) is 36.4 Å². The van der Waals surface area contributed by atoms with Crippen LogP contribution in [0.3, 0.4) is 0 Å². The van der Waals surface area contributed by atoms with Crippen molar-refractivity contribution in [2.75, 3.05) is 13.6 Å². The first-order valence-electron chi connectivity index (χ1n) is 7.60. The summed E-state index contributed by atoms with van der Waals surface area (Å²) in [5, 5.41) is 0. The molecule has 1 heterocycles. The van der Waals surface area contributed by atoms with Crippen molar-refractivity contribution < 1.29 is 9.59 Å². The van der Waals surface area contributed by atoms with Gasteiger partial charge in [0.1, 0.15) is 5.70 Å². The third-order valence-electron chi connectivity index (χ3n) is 4.44. The number of carbonyl (C=O) groups is 2. The van der Waals surface area contributed by atoms with Gasteiger partial charge < -0.3 is 4.90 Å². The number of Topliss-reactive ketones (excluding diaryl/α,β-unsaturated/α-hetero) is 1. The molecule has 0 radical (unpaired) electrons. The van der Waals surface area contributed by atoms with E-state index in [9.17, 15) is 9.59 Å². The van der Waals surface area contributed by atoms with Gasteiger partial charge >= 0.3 is 0 Å². The summed E-state index contributed by atoms with van der Waals surface area (Å²) in [6.45, 7) is 2.14. The second kappa shape index (κ2) is 6.82. The number of nitrogens with zero attached hydrogens (tertiary/aromatic N) is 2. The monoisotopic (exact) mass is 276 g/mol. The first kappa shape index (κ1) is 14.9. The van der Waals surface area contributed by atoms with Crippen molar-refractivity contribution in [3.05, 3.63) is 11.8 Å². The summed E-state index contributed by atoms with van der Waals surface area (Å²) in [6, 6.07) is 0. The number of likely N-dealkylation sites (N-methyl/N-ethyl adjacent to an activating group) is 1. The molecule has 0 unspecified atom stereocenters. The highest BCUT2D eigenvalue weighted by molar-refractivity contribution is 6.01. The largest absolute Gasteiger partial charge is 0.338 e. The van der Waals surface area contributed by atoms with E-state index in [-0.39, 0.29) is 24.2 Å². The molecule has 0 aromatic heterocycles. The first-order chi connectivity index (χ1) is 9.59. The summed E-state index contributed by atoms with van der Waals surface area (Å²) < 4.78 is 0. The Balaban J connectivity index is 1.87. The molecular formula is C16H24N2O2. The minimum absolute atomic E-state index is 0.0224. The molecule has 1 aliphatic heterocycles. The smallest absolute Gasteiger partial charge is 0.225 e. The summed E-state index contributed by atoms with van der Waals surface area (Å²) in [4.78, 5) is 30.0. The van der Waals surface area contributed by atoms with E-state index in [2.05, 4.69) is 4.99 Å². The molecule has 1 saturated carbocycles. The van der Waals surface area contributed by atoms with Crippen LogP contribution in [0, 0.1) is 11.8 Å². The van der Waals surface area contributed by atoms with Crippen molar-refractivity contribution >= 4 is 17.9 Å². The second-order valence-corrected chi connectivity index (χ2v) is 5.94. The molecule has 2 rings (SSSR count). The summed E-state index contributed by atoms with van der Waals surface area (Å²) in [7, 11) is 1.72. The van der Waals surface area contributed by atoms with Crippen molar-refractivity contribution in [1.29, 1.82) is 0 Å². The van der Waals surface area contributed by atoms with E-state index in [0.717, 1.165) is 19.3 Å². The number of hydrogen-bond donors (Lipinski definition) is 0. The predicted octanol–water partition coefficient (Wildman–Crippen LogP) is 2.59. The molecule has 4 nitrogen and oxygen atoms in total. The van der Waals surface area contributed by atoms with Crippen LogP contribution in [-0.2, 0) is 9.59 Å². The highest BCUT2D eigenvalue weighted by Crippen LogP contribution is 2.30. The van der Waals surface area contributed by atoms with E-state index in [1.54, 1.807) is 18.2 Å². The van der Waals surface area contributed by atoms with Gasteiger partial charge in [-0.2, -0.15) is 0 Å². The summed E-state index contributed by atoms with van der Waals surface area (Å²) in [6.07, 6.45) is 10.3. The van der Waals surface area contributed by atoms with Gasteiger partial charge in [0, 0.05) is 25.6 Å². The zero-order valence-electron chi connectivity index (χ0n) is 12.5. The fraction of sp³-hybridized carbons (Fsp3) is 0.688. The quantitative estimate of drug-likeness (QED) is 0.775. The summed E-state index contributed by atoms with van der Waals surface area (Å²) in [5.74, 6) is 0.532. The van der Waals surface area contributed by atoms with Gasteiger partial charge in [-0.3, -0.25) is 14.6 Å². The van der Waals surface area contributed by atoms with E-state index in [4.69, 9.17) is 0 Å². The number of hydrogen-bond acceptors (Lipinski definition) is 3. The van der Waals surface area contributed by atoms with Crippen LogP contribution >= 0.6 is 0 Å². The molecule has 1 atom stereocenters. The van der Waals surface area contributed by atoms with Gasteiger partial charge in [-0.25, -0.2) is 0 Å². The topological polar surface area (TPSA) is 49.7 Å². The Bertz CT molecular complexity index is 434. The van der Waals surface area contributed by atoms with Gasteiger partial charge in [0.2, 0.25) is 5.91 Å². The highest BCUT2D eigenvalue weighted by atomic mass is 16.2. The maximum absolute atomic E-state index is 12.4. The molecule has 20 heavy (non-hydrogen) atoms. The average Bonchev–Trinajstić information content (AvgIpc) is 3.01. The Morgan fingerprint density at radius 1 is 1.35 bits per heavy atom. The fourth-order valence-corrected chi connectivity index (χ4v) is 3.11. The molecule has 0 saturated heterocycles. The van der Waals surface area contributed by atoms with E-state index >= 15 is 0 Å². The van der Waals surface area contributed by atoms with Gasteiger partial charge in [-0.05, 0) is 24.8 Å². The van der Waals surface area contributed by atoms with Gasteiger partial charge in [0.15, 0.2) is 5.78 Å². The minimum atomic E-state index is -0.0644.